The SMILES string of the molecule is O=C(Nc1nccc2ccccc12)N1CCOCC1. The molecule has 1 aliphatic heterocycles. The molecule has 0 spiro atoms. The predicted molar refractivity (Wildman–Crippen MR) is 73.2 cm³/mol. The molecule has 1 N–H and O–H groups in total. The van der Waals surface area contributed by atoms with Gasteiger partial charge in [0.15, 0.2) is 0 Å². The van der Waals surface area contributed by atoms with E-state index in [4.69, 9.17) is 4.74 Å². The molecule has 0 saturated carbocycles. The van der Waals surface area contributed by atoms with Crippen LogP contribution < -0.4 is 5.32 Å². The van der Waals surface area contributed by atoms with Gasteiger partial charge < -0.3 is 9.64 Å². The van der Waals surface area contributed by atoms with Crippen LogP contribution in [-0.2, 0) is 4.74 Å². The van der Waals surface area contributed by atoms with E-state index in [9.17, 15) is 4.79 Å². The second-order valence-corrected chi connectivity index (χ2v) is 4.41. The van der Waals surface area contributed by atoms with Crippen molar-refractivity contribution in [2.75, 3.05) is 31.6 Å². The van der Waals surface area contributed by atoms with E-state index in [1.165, 1.54) is 0 Å². The molecule has 1 aliphatic rings. The van der Waals surface area contributed by atoms with Crippen molar-refractivity contribution in [1.29, 1.82) is 0 Å². The van der Waals surface area contributed by atoms with Crippen LogP contribution in [0.4, 0.5) is 10.6 Å². The molecule has 0 bridgehead atoms. The van der Waals surface area contributed by atoms with Crippen LogP contribution in [-0.4, -0.2) is 42.2 Å². The number of hydrogen-bond acceptors (Lipinski definition) is 3. The van der Waals surface area contributed by atoms with Crippen molar-refractivity contribution in [3.8, 4) is 0 Å². The number of fused-ring (bicyclic) bond motifs is 1. The van der Waals surface area contributed by atoms with Gasteiger partial charge in [-0.2, -0.15) is 0 Å². The van der Waals surface area contributed by atoms with E-state index in [1.807, 2.05) is 30.3 Å². The van der Waals surface area contributed by atoms with Crippen LogP contribution in [0.25, 0.3) is 10.8 Å². The molecule has 0 unspecified atom stereocenters. The number of nitrogens with zero attached hydrogens (tertiary/aromatic N) is 2. The van der Waals surface area contributed by atoms with Gasteiger partial charge in [-0.25, -0.2) is 9.78 Å². The molecule has 98 valence electrons. The Morgan fingerprint density at radius 3 is 2.84 bits per heavy atom. The second kappa shape index (κ2) is 5.24. The summed E-state index contributed by atoms with van der Waals surface area (Å²) in [6, 6.07) is 9.68. The highest BCUT2D eigenvalue weighted by Crippen LogP contribution is 2.20. The third-order valence-corrected chi connectivity index (χ3v) is 3.20. The molecule has 0 aliphatic carbocycles. The van der Waals surface area contributed by atoms with Crippen LogP contribution in [0.1, 0.15) is 0 Å². The van der Waals surface area contributed by atoms with Crippen LogP contribution in [0.3, 0.4) is 0 Å². The number of urea groups is 1. The fraction of sp³-hybridized carbons (Fsp3) is 0.286. The number of nitrogens with one attached hydrogen (secondary N) is 1. The number of benzene rings is 1. The molecular weight excluding hydrogens is 242 g/mol. The van der Waals surface area contributed by atoms with Crippen LogP contribution in [0.15, 0.2) is 36.5 Å². The molecule has 3 rings (SSSR count). The Kier molecular flexibility index (Phi) is 3.29. The molecule has 1 aromatic heterocycles. The Morgan fingerprint density at radius 1 is 1.21 bits per heavy atom. The molecule has 0 radical (unpaired) electrons. The maximum Gasteiger partial charge on any atom is 0.323 e. The summed E-state index contributed by atoms with van der Waals surface area (Å²) in [5, 5.41) is 4.89. The molecular formula is C14H15N3O2. The molecule has 5 nitrogen and oxygen atoms in total. The maximum atomic E-state index is 12.1. The van der Waals surface area contributed by atoms with Crippen molar-refractivity contribution in [3.63, 3.8) is 0 Å². The summed E-state index contributed by atoms with van der Waals surface area (Å²) >= 11 is 0. The van der Waals surface area contributed by atoms with E-state index in [0.717, 1.165) is 10.8 Å². The van der Waals surface area contributed by atoms with Gasteiger partial charge in [-0.05, 0) is 11.5 Å². The Hall–Kier alpha value is -2.14. The van der Waals surface area contributed by atoms with Gasteiger partial charge in [-0.1, -0.05) is 24.3 Å². The predicted octanol–water partition coefficient (Wildman–Crippen LogP) is 2.10. The van der Waals surface area contributed by atoms with Crippen molar-refractivity contribution < 1.29 is 9.53 Å². The highest BCUT2D eigenvalue weighted by Gasteiger charge is 2.17. The van der Waals surface area contributed by atoms with Crippen LogP contribution in [0.2, 0.25) is 0 Å². The average Bonchev–Trinajstić information content (AvgIpc) is 2.48. The van der Waals surface area contributed by atoms with Crippen molar-refractivity contribution in [2.24, 2.45) is 0 Å². The Bertz CT molecular complexity index is 589. The largest absolute Gasteiger partial charge is 0.378 e. The van der Waals surface area contributed by atoms with Crippen LogP contribution in [0.5, 0.6) is 0 Å². The number of ether oxygens (including phenoxy) is 1. The molecule has 0 atom stereocenters. The quantitative estimate of drug-likeness (QED) is 0.851. The van der Waals surface area contributed by atoms with Gasteiger partial charge in [0, 0.05) is 24.7 Å². The lowest BCUT2D eigenvalue weighted by Gasteiger charge is -2.26. The molecule has 1 aromatic carbocycles. The Balaban J connectivity index is 1.82. The minimum atomic E-state index is -0.118. The number of morpholine rings is 1. The third-order valence-electron chi connectivity index (χ3n) is 3.20. The van der Waals surface area contributed by atoms with E-state index >= 15 is 0 Å². The van der Waals surface area contributed by atoms with Gasteiger partial charge in [0.2, 0.25) is 0 Å². The number of aromatic nitrogens is 1. The van der Waals surface area contributed by atoms with E-state index in [2.05, 4.69) is 10.3 Å². The highest BCUT2D eigenvalue weighted by molar-refractivity contribution is 5.99. The van der Waals surface area contributed by atoms with E-state index in [0.29, 0.717) is 32.1 Å². The number of rotatable bonds is 1. The van der Waals surface area contributed by atoms with Gasteiger partial charge in [-0.3, -0.25) is 5.32 Å². The van der Waals surface area contributed by atoms with Crippen LogP contribution in [0, 0.1) is 0 Å². The fourth-order valence-electron chi connectivity index (χ4n) is 2.17. The topological polar surface area (TPSA) is 54.5 Å². The van der Waals surface area contributed by atoms with Crippen molar-refractivity contribution >= 4 is 22.6 Å². The van der Waals surface area contributed by atoms with Crippen molar-refractivity contribution in [3.05, 3.63) is 36.5 Å². The van der Waals surface area contributed by atoms with Crippen molar-refractivity contribution in [1.82, 2.24) is 9.88 Å². The molecule has 2 amide bonds. The lowest BCUT2D eigenvalue weighted by Crippen LogP contribution is -2.43. The van der Waals surface area contributed by atoms with Gasteiger partial charge in [0.1, 0.15) is 5.82 Å². The third kappa shape index (κ3) is 2.51. The summed E-state index contributed by atoms with van der Waals surface area (Å²) in [6.07, 6.45) is 1.71. The fourth-order valence-corrected chi connectivity index (χ4v) is 2.17. The molecule has 5 heteroatoms. The molecule has 2 aromatic rings. The standard InChI is InChI=1S/C14H15N3O2/c18-14(17-7-9-19-10-8-17)16-13-12-4-2-1-3-11(12)5-6-15-13/h1-6H,7-10H2,(H,15,16,18). The van der Waals surface area contributed by atoms with E-state index in [1.54, 1.807) is 11.1 Å². The van der Waals surface area contributed by atoms with E-state index < -0.39 is 0 Å². The maximum absolute atomic E-state index is 12.1. The Morgan fingerprint density at radius 2 is 2.00 bits per heavy atom. The zero-order valence-corrected chi connectivity index (χ0v) is 10.5. The number of carbonyl (C=O) groups excluding carboxylic acids is 1. The number of amides is 2. The second-order valence-electron chi connectivity index (χ2n) is 4.41. The minimum absolute atomic E-state index is 0.118. The first-order chi connectivity index (χ1) is 9.34. The van der Waals surface area contributed by atoms with Gasteiger partial charge in [0.25, 0.3) is 0 Å². The average molecular weight is 257 g/mol. The van der Waals surface area contributed by atoms with Gasteiger partial charge in [0.05, 0.1) is 13.2 Å². The summed E-state index contributed by atoms with van der Waals surface area (Å²) in [5.41, 5.74) is 0. The van der Waals surface area contributed by atoms with Gasteiger partial charge in [-0.15, -0.1) is 0 Å². The summed E-state index contributed by atoms with van der Waals surface area (Å²) in [5.74, 6) is 0.606. The number of pyridine rings is 1. The minimum Gasteiger partial charge on any atom is -0.378 e. The van der Waals surface area contributed by atoms with Crippen LogP contribution >= 0.6 is 0 Å². The molecule has 1 saturated heterocycles. The first-order valence-electron chi connectivity index (χ1n) is 6.32. The summed E-state index contributed by atoms with van der Waals surface area (Å²) in [4.78, 5) is 18.1. The zero-order chi connectivity index (χ0) is 13.1. The normalized spacial score (nSPS) is 15.5. The summed E-state index contributed by atoms with van der Waals surface area (Å²) in [7, 11) is 0. The number of carbonyl (C=O) groups is 1. The molecule has 19 heavy (non-hydrogen) atoms. The van der Waals surface area contributed by atoms with Gasteiger partial charge >= 0.3 is 6.03 Å². The monoisotopic (exact) mass is 257 g/mol. The Labute approximate surface area is 111 Å². The first-order valence-corrected chi connectivity index (χ1v) is 6.32. The summed E-state index contributed by atoms with van der Waals surface area (Å²) in [6.45, 7) is 2.43. The lowest BCUT2D eigenvalue weighted by atomic mass is 10.1. The zero-order valence-electron chi connectivity index (χ0n) is 10.5. The van der Waals surface area contributed by atoms with E-state index in [-0.39, 0.29) is 6.03 Å². The van der Waals surface area contributed by atoms with Crippen molar-refractivity contribution in [2.45, 2.75) is 0 Å². The summed E-state index contributed by atoms with van der Waals surface area (Å²) < 4.78 is 5.23. The lowest BCUT2D eigenvalue weighted by molar-refractivity contribution is 0.0564. The number of hydrogen-bond donors (Lipinski definition) is 1. The number of anilines is 1. The first kappa shape index (κ1) is 11.9. The molecule has 2 heterocycles. The smallest absolute Gasteiger partial charge is 0.323 e. The molecule has 1 fully saturated rings. The highest BCUT2D eigenvalue weighted by atomic mass is 16.5.